The van der Waals surface area contributed by atoms with Crippen LogP contribution in [0.4, 0.5) is 10.5 Å². The fraction of sp³-hybridized carbons (Fsp3) is 0.450. The number of aromatic nitrogens is 4. The molecule has 0 radical (unpaired) electrons. The lowest BCUT2D eigenvalue weighted by Crippen LogP contribution is -2.53. The van der Waals surface area contributed by atoms with Gasteiger partial charge in [-0.2, -0.15) is 0 Å². The minimum Gasteiger partial charge on any atom is -0.493 e. The lowest BCUT2D eigenvalue weighted by Gasteiger charge is -2.21. The first-order valence-corrected chi connectivity index (χ1v) is 32.7. The second-order valence-corrected chi connectivity index (χ2v) is 24.9. The Kier molecular flexibility index (Phi) is 28.4. The number of guanidine groups is 1. The van der Waals surface area contributed by atoms with E-state index in [9.17, 15) is 63.3 Å². The van der Waals surface area contributed by atoms with Gasteiger partial charge in [-0.25, -0.2) is 9.59 Å². The zero-order valence-corrected chi connectivity index (χ0v) is 54.5. The van der Waals surface area contributed by atoms with Gasteiger partial charge in [0.25, 0.3) is 5.91 Å². The Bertz CT molecular complexity index is 3600. The first kappa shape index (κ1) is 73.7. The van der Waals surface area contributed by atoms with Gasteiger partial charge in [-0.1, -0.05) is 51.1 Å². The number of carbonyl (C=O) groups excluding carboxylic acids is 6. The third kappa shape index (κ3) is 21.9. The number of anilines is 1. The van der Waals surface area contributed by atoms with Crippen molar-refractivity contribution in [3.63, 3.8) is 0 Å². The van der Waals surface area contributed by atoms with E-state index in [2.05, 4.69) is 41.9 Å². The Balaban J connectivity index is 1.04. The van der Waals surface area contributed by atoms with Gasteiger partial charge in [0.05, 0.1) is 42.4 Å². The van der Waals surface area contributed by atoms with Gasteiger partial charge < -0.3 is 86.6 Å². The number of benzene rings is 3. The van der Waals surface area contributed by atoms with Crippen LogP contribution in [0.25, 0.3) is 21.7 Å². The number of fused-ring (bicyclic) bond motifs is 4. The van der Waals surface area contributed by atoms with Crippen LogP contribution in [-0.2, 0) is 51.3 Å². The van der Waals surface area contributed by atoms with Gasteiger partial charge >= 0.3 is 30.0 Å². The number of carboxylic acids is 4. The number of ether oxygens (including phenoxy) is 3. The number of alkyl halides is 1. The summed E-state index contributed by atoms with van der Waals surface area (Å²) in [5.41, 5.74) is 8.05. The molecule has 6 rings (SSSR count). The number of hydrogen-bond acceptors (Lipinski definition) is 19. The number of aryl methyl sites for hydroxylation is 2. The van der Waals surface area contributed by atoms with Gasteiger partial charge in [-0.3, -0.25) is 48.4 Å². The van der Waals surface area contributed by atoms with Gasteiger partial charge in [0, 0.05) is 123 Å². The molecule has 0 saturated heterocycles. The van der Waals surface area contributed by atoms with Crippen molar-refractivity contribution in [3.8, 4) is 17.2 Å². The van der Waals surface area contributed by atoms with E-state index in [1.54, 1.807) is 47.6 Å². The molecule has 6 amide bonds. The van der Waals surface area contributed by atoms with Crippen LogP contribution in [-0.4, -0.2) is 212 Å². The van der Waals surface area contributed by atoms with Crippen LogP contribution in [0.15, 0.2) is 66.6 Å². The van der Waals surface area contributed by atoms with Crippen molar-refractivity contribution in [2.24, 2.45) is 5.73 Å². The molecular formula is C60H77ClN14O17S2. The number of nitrogens with one attached hydrogen (secondary N) is 7. The van der Waals surface area contributed by atoms with Crippen LogP contribution in [0.1, 0.15) is 85.3 Å². The van der Waals surface area contributed by atoms with Gasteiger partial charge in [0.2, 0.25) is 23.6 Å². The number of carbonyl (C=O) groups is 10. The largest absolute Gasteiger partial charge is 0.493 e. The maximum atomic E-state index is 14.7. The molecule has 1 aliphatic rings. The molecule has 1 aliphatic heterocycles. The van der Waals surface area contributed by atoms with E-state index >= 15 is 0 Å². The van der Waals surface area contributed by atoms with E-state index in [1.165, 1.54) is 23.7 Å². The van der Waals surface area contributed by atoms with Crippen molar-refractivity contribution in [1.29, 1.82) is 5.41 Å². The lowest BCUT2D eigenvalue weighted by molar-refractivity contribution is -0.143. The van der Waals surface area contributed by atoms with Crippen LogP contribution >= 0.6 is 33.2 Å². The second kappa shape index (κ2) is 36.2. The van der Waals surface area contributed by atoms with E-state index < -0.39 is 90.5 Å². The predicted molar refractivity (Wildman–Crippen MR) is 349 cm³/mol. The van der Waals surface area contributed by atoms with Crippen molar-refractivity contribution >= 4 is 126 Å². The topological polar surface area (TPSA) is 446 Å². The Hall–Kier alpha value is -9.34. The monoisotopic (exact) mass is 1360 g/mol. The number of likely N-dealkylation sites (N-methyl/N-ethyl adjacent to an activating group) is 1. The van der Waals surface area contributed by atoms with Crippen molar-refractivity contribution in [2.45, 2.75) is 94.8 Å². The average molecular weight is 1370 g/mol. The van der Waals surface area contributed by atoms with E-state index in [0.29, 0.717) is 83.7 Å². The number of carboxylic acid groups (broad SMARTS) is 4. The number of aromatic amines is 1. The third-order valence-electron chi connectivity index (χ3n) is 14.6. The van der Waals surface area contributed by atoms with Gasteiger partial charge in [0.15, 0.2) is 17.5 Å². The fourth-order valence-electron chi connectivity index (χ4n) is 9.78. The molecule has 508 valence electrons. The van der Waals surface area contributed by atoms with E-state index in [0.717, 1.165) is 38.7 Å². The van der Waals surface area contributed by atoms with E-state index in [4.69, 9.17) is 42.1 Å². The Morgan fingerprint density at radius 2 is 1.55 bits per heavy atom. The standard InChI is InChI=1S/C60H77ClN14O17S2/c1-72(2)19-21-91-48-23-39-40(30-65-41(39)24-47(48)90-4)57(86)75-31-35(28-61)53-38-14-6-5-13-37(38)46(27-45(53)75)92-60(89)73(3)20-22-93-94-33-44(58(87)88)69-56(85)43(26-52(81)82)68-54(83)34(11-10-17-64-59(62)63)29-66-55(84)42(25-51(79)80)67-49(76)15-7-8-18-74-32-36(70-71-74)12-9-16-50(77)78/h5-6,13-14,23-24,27,29-30,32,35,42-44,65H,7-12,15-22,25-26,28,31,33H2,1-4H3,(H,66,84)(H,67,76)(H,68,83)(H,69,85)(H,77,78)(H,79,80)(H,81,82)(H,87,88)(H4,62,63,64)/b34-29-/t35-,42+,43+,44+/m1/s1. The number of nitrogens with two attached hydrogens (primary N) is 1. The summed E-state index contributed by atoms with van der Waals surface area (Å²) in [6.07, 6.45) is 2.75. The zero-order chi connectivity index (χ0) is 68.6. The normalized spacial score (nSPS) is 13.7. The summed E-state index contributed by atoms with van der Waals surface area (Å²) >= 11 is 6.59. The summed E-state index contributed by atoms with van der Waals surface area (Å²) in [6, 6.07) is 7.34. The number of rotatable bonds is 39. The summed E-state index contributed by atoms with van der Waals surface area (Å²) in [5, 5.41) is 67.5. The van der Waals surface area contributed by atoms with Crippen LogP contribution < -0.4 is 51.4 Å². The number of amides is 6. The average Bonchev–Trinajstić information content (AvgIpc) is 1.56. The number of aliphatic carboxylic acids is 4. The number of H-pyrrole nitrogens is 1. The quantitative estimate of drug-likeness (QED) is 0.00666. The minimum atomic E-state index is -1.88. The Morgan fingerprint density at radius 1 is 0.830 bits per heavy atom. The van der Waals surface area contributed by atoms with Gasteiger partial charge in [0.1, 0.15) is 30.5 Å². The molecule has 0 bridgehead atoms. The van der Waals surface area contributed by atoms with Crippen molar-refractivity contribution < 1.29 is 82.6 Å². The van der Waals surface area contributed by atoms with Crippen LogP contribution in [0.5, 0.6) is 17.2 Å². The van der Waals surface area contributed by atoms with Crippen LogP contribution in [0.2, 0.25) is 0 Å². The summed E-state index contributed by atoms with van der Waals surface area (Å²) in [6.45, 7) is 1.74. The molecule has 31 nitrogen and oxygen atoms in total. The first-order valence-electron chi connectivity index (χ1n) is 29.7. The van der Waals surface area contributed by atoms with Crippen molar-refractivity contribution in [3.05, 3.63) is 83.5 Å². The van der Waals surface area contributed by atoms with Crippen molar-refractivity contribution in [1.82, 2.24) is 56.4 Å². The molecule has 5 aromatic rings. The molecule has 0 fully saturated rings. The molecule has 0 spiro atoms. The number of unbranched alkanes of at least 4 members (excludes halogenated alkanes) is 1. The molecule has 13 N–H and O–H groups in total. The summed E-state index contributed by atoms with van der Waals surface area (Å²) in [4.78, 5) is 137. The van der Waals surface area contributed by atoms with Crippen LogP contribution in [0, 0.1) is 5.41 Å². The Labute approximate surface area is 552 Å². The minimum absolute atomic E-state index is 0.0222. The molecule has 0 unspecified atom stereocenters. The summed E-state index contributed by atoms with van der Waals surface area (Å²) in [5.74, 6) is -9.19. The maximum absolute atomic E-state index is 14.7. The molecule has 0 aliphatic carbocycles. The number of methoxy groups -OCH3 is 1. The molecule has 2 aromatic heterocycles. The smallest absolute Gasteiger partial charge is 0.415 e. The molecule has 34 heteroatoms. The maximum Gasteiger partial charge on any atom is 0.415 e. The predicted octanol–water partition coefficient (Wildman–Crippen LogP) is 3.69. The summed E-state index contributed by atoms with van der Waals surface area (Å²) in [7, 11) is 9.05. The highest BCUT2D eigenvalue weighted by atomic mass is 35.5. The van der Waals surface area contributed by atoms with E-state index in [1.807, 2.05) is 31.1 Å². The Morgan fingerprint density at radius 3 is 2.22 bits per heavy atom. The highest BCUT2D eigenvalue weighted by molar-refractivity contribution is 8.76. The second-order valence-electron chi connectivity index (χ2n) is 22.0. The molecule has 94 heavy (non-hydrogen) atoms. The number of halogens is 1. The number of nitrogens with zero attached hydrogens (tertiary/aromatic N) is 6. The third-order valence-corrected chi connectivity index (χ3v) is 17.4. The highest BCUT2D eigenvalue weighted by Crippen LogP contribution is 2.47. The molecule has 4 atom stereocenters. The van der Waals surface area contributed by atoms with Crippen molar-refractivity contribution in [2.75, 3.05) is 83.3 Å². The fourth-order valence-corrected chi connectivity index (χ4v) is 12.2. The lowest BCUT2D eigenvalue weighted by atomic mass is 9.95. The number of hydrogen-bond donors (Lipinski definition) is 12. The molecular weight excluding hydrogens is 1290 g/mol. The van der Waals surface area contributed by atoms with Gasteiger partial charge in [-0.15, -0.1) is 16.7 Å². The molecule has 3 aromatic carbocycles. The van der Waals surface area contributed by atoms with Gasteiger partial charge in [-0.05, 0) is 69.6 Å². The SMILES string of the molecule is COc1cc2[nH]cc(C(=O)N3C[C@@H](CCl)c4c3cc(OC(=O)N(C)CCSSC[C@H](NC(=O)[C@H](CC(=O)O)NC(=O)/C(=C\NC(=O)[C@H](CC(=O)O)NC(=O)CCCCn3cc(CCCC(=O)O)nn3)CCCNC(=N)N)C(=O)O)c3ccccc43)c2cc1OCCN(C)C. The highest BCUT2D eigenvalue weighted by Gasteiger charge is 2.37. The summed E-state index contributed by atoms with van der Waals surface area (Å²) < 4.78 is 19.2. The first-order chi connectivity index (χ1) is 44.9. The zero-order valence-electron chi connectivity index (χ0n) is 52.1. The van der Waals surface area contributed by atoms with E-state index in [-0.39, 0.29) is 92.3 Å². The van der Waals surface area contributed by atoms with Crippen LogP contribution in [0.3, 0.4) is 0 Å². The molecule has 0 saturated carbocycles. The molecule has 3 heterocycles.